The second-order valence-electron chi connectivity index (χ2n) is 3.96. The van der Waals surface area contributed by atoms with E-state index in [0.717, 1.165) is 10.6 Å². The van der Waals surface area contributed by atoms with Gasteiger partial charge < -0.3 is 5.11 Å². The van der Waals surface area contributed by atoms with E-state index in [0.29, 0.717) is 0 Å². The van der Waals surface area contributed by atoms with Crippen molar-refractivity contribution in [2.45, 2.75) is 12.8 Å². The lowest BCUT2D eigenvalue weighted by atomic mass is 10.4. The topological polar surface area (TPSA) is 20.2 Å². The largest absolute Gasteiger partial charge is 0.387 e. The van der Waals surface area contributed by atoms with Crippen LogP contribution in [0.25, 0.3) is 0 Å². The number of aliphatic hydroxyl groups is 1. The van der Waals surface area contributed by atoms with Crippen LogP contribution >= 0.6 is 6.04 Å². The third-order valence-electron chi connectivity index (χ3n) is 2.81. The Kier molecular flexibility index (Phi) is 3.78. The summed E-state index contributed by atoms with van der Waals surface area (Å²) in [5.74, 6) is -0.512. The van der Waals surface area contributed by atoms with Crippen molar-refractivity contribution in [3.05, 3.63) is 60.7 Å². The molecule has 0 fully saturated rings. The van der Waals surface area contributed by atoms with E-state index >= 15 is 0 Å². The summed E-state index contributed by atoms with van der Waals surface area (Å²) in [6.45, 7) is 1.79. The number of aliphatic hydroxyl groups excluding tert-OH is 1. The number of hydrogen-bond acceptors (Lipinski definition) is 2. The maximum absolute atomic E-state index is 10.1. The van der Waals surface area contributed by atoms with Crippen LogP contribution in [0.5, 0.6) is 0 Å². The molecular formula is C14H15OPS. The van der Waals surface area contributed by atoms with E-state index in [1.165, 1.54) is 0 Å². The number of rotatable bonds is 3. The second-order valence-corrected chi connectivity index (χ2v) is 8.78. The molecule has 17 heavy (non-hydrogen) atoms. The lowest BCUT2D eigenvalue weighted by molar-refractivity contribution is 0.279. The first kappa shape index (κ1) is 12.5. The van der Waals surface area contributed by atoms with E-state index in [1.54, 1.807) is 6.92 Å². The zero-order chi connectivity index (χ0) is 12.3. The second kappa shape index (κ2) is 5.14. The molecule has 2 rings (SSSR count). The lowest BCUT2D eigenvalue weighted by Gasteiger charge is -2.26. The summed E-state index contributed by atoms with van der Waals surface area (Å²) in [5, 5.41) is 12.3. The molecule has 1 unspecified atom stereocenters. The Bertz CT molecular complexity index is 479. The first-order valence-electron chi connectivity index (χ1n) is 5.54. The van der Waals surface area contributed by atoms with Gasteiger partial charge in [-0.2, -0.15) is 0 Å². The van der Waals surface area contributed by atoms with Crippen molar-refractivity contribution in [2.75, 3.05) is 0 Å². The van der Waals surface area contributed by atoms with Gasteiger partial charge in [0.1, 0.15) is 0 Å². The van der Waals surface area contributed by atoms with Crippen LogP contribution in [0.4, 0.5) is 0 Å². The normalized spacial score (nSPS) is 13.3. The lowest BCUT2D eigenvalue weighted by Crippen LogP contribution is -2.23. The maximum atomic E-state index is 10.1. The van der Waals surface area contributed by atoms with E-state index in [9.17, 15) is 5.11 Å². The molecule has 0 aliphatic carbocycles. The minimum absolute atomic E-state index is 0.512. The summed E-state index contributed by atoms with van der Waals surface area (Å²) in [5.41, 5.74) is 0. The van der Waals surface area contributed by atoms with Crippen LogP contribution in [-0.2, 0) is 11.8 Å². The summed E-state index contributed by atoms with van der Waals surface area (Å²) in [6, 6.07) is 17.8. The van der Waals surface area contributed by atoms with Crippen LogP contribution in [0.1, 0.15) is 6.92 Å². The summed E-state index contributed by atoms with van der Waals surface area (Å²) in [7, 11) is 0. The molecule has 0 aliphatic rings. The van der Waals surface area contributed by atoms with E-state index in [4.69, 9.17) is 11.8 Å². The first-order valence-corrected chi connectivity index (χ1v) is 8.42. The monoisotopic (exact) mass is 262 g/mol. The fourth-order valence-electron chi connectivity index (χ4n) is 1.88. The molecule has 0 saturated heterocycles. The highest BCUT2D eigenvalue weighted by atomic mass is 32.4. The molecule has 0 aromatic heterocycles. The molecule has 0 radical (unpaired) electrons. The van der Waals surface area contributed by atoms with Gasteiger partial charge in [0, 0.05) is 6.04 Å². The average molecular weight is 262 g/mol. The van der Waals surface area contributed by atoms with Crippen LogP contribution in [0.3, 0.4) is 0 Å². The van der Waals surface area contributed by atoms with Crippen LogP contribution in [0, 0.1) is 0 Å². The highest BCUT2D eigenvalue weighted by Gasteiger charge is 2.27. The molecule has 0 saturated carbocycles. The Labute approximate surface area is 107 Å². The van der Waals surface area contributed by atoms with Gasteiger partial charge in [-0.05, 0) is 17.5 Å². The van der Waals surface area contributed by atoms with Gasteiger partial charge in [0.25, 0.3) is 0 Å². The van der Waals surface area contributed by atoms with Gasteiger partial charge in [-0.25, -0.2) is 0 Å². The van der Waals surface area contributed by atoms with Crippen molar-refractivity contribution < 1.29 is 5.11 Å². The highest BCUT2D eigenvalue weighted by Crippen LogP contribution is 2.47. The fraction of sp³-hybridized carbons (Fsp3) is 0.143. The Morgan fingerprint density at radius 2 is 1.24 bits per heavy atom. The molecule has 0 bridgehead atoms. The SMILES string of the molecule is CC(O)P(=S)(c1ccccc1)c1ccccc1. The quantitative estimate of drug-likeness (QED) is 0.857. The van der Waals surface area contributed by atoms with Crippen molar-refractivity contribution in [1.82, 2.24) is 0 Å². The van der Waals surface area contributed by atoms with E-state index in [2.05, 4.69) is 0 Å². The Morgan fingerprint density at radius 3 is 1.53 bits per heavy atom. The molecule has 1 atom stereocenters. The zero-order valence-electron chi connectivity index (χ0n) is 9.65. The van der Waals surface area contributed by atoms with Gasteiger partial charge >= 0.3 is 0 Å². The minimum Gasteiger partial charge on any atom is -0.387 e. The predicted octanol–water partition coefficient (Wildman–Crippen LogP) is 2.46. The molecule has 0 aliphatic heterocycles. The molecule has 1 N–H and O–H groups in total. The molecule has 0 heterocycles. The van der Waals surface area contributed by atoms with Crippen molar-refractivity contribution in [3.8, 4) is 0 Å². The van der Waals surface area contributed by atoms with Crippen molar-refractivity contribution in [2.24, 2.45) is 0 Å². The molecule has 0 amide bonds. The van der Waals surface area contributed by atoms with Crippen LogP contribution in [0.15, 0.2) is 60.7 Å². The average Bonchev–Trinajstić information content (AvgIpc) is 2.39. The van der Waals surface area contributed by atoms with E-state index < -0.39 is 11.9 Å². The predicted molar refractivity (Wildman–Crippen MR) is 78.1 cm³/mol. The standard InChI is InChI=1S/C14H15OPS/c1-12(15)16(17,13-8-4-2-5-9-13)14-10-6-3-7-11-14/h2-12,15H,1H3. The smallest absolute Gasteiger partial charge is 0.0872 e. The molecule has 0 spiro atoms. The van der Waals surface area contributed by atoms with E-state index in [1.807, 2.05) is 60.7 Å². The fourth-order valence-corrected chi connectivity index (χ4v) is 5.00. The third kappa shape index (κ3) is 2.35. The minimum atomic E-state index is -2.11. The summed E-state index contributed by atoms with van der Waals surface area (Å²) in [6.07, 6.45) is 0. The van der Waals surface area contributed by atoms with Crippen LogP contribution in [0.2, 0.25) is 0 Å². The maximum Gasteiger partial charge on any atom is 0.0872 e. The molecule has 2 aromatic rings. The van der Waals surface area contributed by atoms with Crippen molar-refractivity contribution in [3.63, 3.8) is 0 Å². The number of hydrogen-bond donors (Lipinski definition) is 1. The Morgan fingerprint density at radius 1 is 0.882 bits per heavy atom. The van der Waals surface area contributed by atoms with Gasteiger partial charge in [-0.15, -0.1) is 0 Å². The number of benzene rings is 2. The molecule has 1 nitrogen and oxygen atoms in total. The molecule has 3 heteroatoms. The van der Waals surface area contributed by atoms with Crippen LogP contribution < -0.4 is 10.6 Å². The van der Waals surface area contributed by atoms with Gasteiger partial charge in [0.15, 0.2) is 0 Å². The molecular weight excluding hydrogens is 247 g/mol. The summed E-state index contributed by atoms with van der Waals surface area (Å²) in [4.78, 5) is 0. The van der Waals surface area contributed by atoms with Gasteiger partial charge in [-0.3, -0.25) is 0 Å². The zero-order valence-corrected chi connectivity index (χ0v) is 11.4. The van der Waals surface area contributed by atoms with Crippen LogP contribution in [-0.4, -0.2) is 11.0 Å². The van der Waals surface area contributed by atoms with Crippen molar-refractivity contribution in [1.29, 1.82) is 0 Å². The summed E-state index contributed by atoms with van der Waals surface area (Å²) >= 11 is 5.82. The van der Waals surface area contributed by atoms with E-state index in [-0.39, 0.29) is 0 Å². The van der Waals surface area contributed by atoms with Gasteiger partial charge in [-0.1, -0.05) is 72.5 Å². The molecule has 2 aromatic carbocycles. The Balaban J connectivity index is 2.60. The van der Waals surface area contributed by atoms with Crippen molar-refractivity contribution >= 4 is 28.5 Å². The first-order chi connectivity index (χ1) is 8.15. The Hall–Kier alpha value is -0.950. The molecule has 88 valence electrons. The third-order valence-corrected chi connectivity index (χ3v) is 8.17. The van der Waals surface area contributed by atoms with Gasteiger partial charge in [0.2, 0.25) is 0 Å². The summed E-state index contributed by atoms with van der Waals surface area (Å²) < 4.78 is 0. The van der Waals surface area contributed by atoms with Gasteiger partial charge in [0.05, 0.1) is 5.85 Å². The highest BCUT2D eigenvalue weighted by molar-refractivity contribution is 8.22.